The van der Waals surface area contributed by atoms with Gasteiger partial charge in [-0.15, -0.1) is 5.10 Å². The van der Waals surface area contributed by atoms with Gasteiger partial charge >= 0.3 is 6.03 Å². The van der Waals surface area contributed by atoms with Crippen molar-refractivity contribution in [1.82, 2.24) is 36.4 Å². The molecule has 4 amide bonds. The van der Waals surface area contributed by atoms with Crippen LogP contribution in [0.3, 0.4) is 0 Å². The number of ether oxygens (including phenoxy) is 12. The monoisotopic (exact) mass is 1160 g/mol. The maximum absolute atomic E-state index is 13.5. The highest BCUT2D eigenvalue weighted by molar-refractivity contribution is 5.97. The molecule has 26 nitrogen and oxygen atoms in total. The molecule has 0 bridgehead atoms. The van der Waals surface area contributed by atoms with Crippen LogP contribution in [0.1, 0.15) is 78.0 Å². The van der Waals surface area contributed by atoms with E-state index in [1.54, 1.807) is 40.6 Å². The highest BCUT2D eigenvalue weighted by Crippen LogP contribution is 2.20. The summed E-state index contributed by atoms with van der Waals surface area (Å²) in [6.45, 7) is 26.2. The third-order valence-electron chi connectivity index (χ3n) is 11.4. The zero-order chi connectivity index (χ0) is 59.0. The van der Waals surface area contributed by atoms with Gasteiger partial charge in [-0.25, -0.2) is 9.48 Å². The topological polar surface area (TPSA) is 316 Å². The molecule has 464 valence electrons. The van der Waals surface area contributed by atoms with Gasteiger partial charge in [-0.3, -0.25) is 14.4 Å². The molecule has 0 aliphatic carbocycles. The molecule has 0 fully saturated rings. The molecule has 1 aromatic heterocycles. The van der Waals surface area contributed by atoms with Crippen LogP contribution >= 0.6 is 0 Å². The van der Waals surface area contributed by atoms with Gasteiger partial charge in [0.1, 0.15) is 12.3 Å². The number of hydrogen-bond donors (Lipinski definition) is 7. The van der Waals surface area contributed by atoms with Crippen LogP contribution in [0, 0.1) is 17.3 Å². The van der Waals surface area contributed by atoms with Crippen LogP contribution < -0.4 is 32.5 Å². The van der Waals surface area contributed by atoms with Crippen molar-refractivity contribution in [2.75, 3.05) is 164 Å². The van der Waals surface area contributed by atoms with E-state index in [1.807, 2.05) is 13.8 Å². The van der Waals surface area contributed by atoms with E-state index in [9.17, 15) is 19.2 Å². The third-order valence-corrected chi connectivity index (χ3v) is 11.4. The largest absolute Gasteiger partial charge is 0.475 e. The number of aromatic nitrogens is 3. The Kier molecular flexibility index (Phi) is 42.4. The Labute approximate surface area is 479 Å². The minimum absolute atomic E-state index is 0.0715. The van der Waals surface area contributed by atoms with Crippen molar-refractivity contribution < 1.29 is 81.2 Å². The number of urea groups is 1. The van der Waals surface area contributed by atoms with E-state index >= 15 is 0 Å². The fraction of sp³-hybridized carbons (Fsp3) is 0.745. The number of primary amides is 1. The van der Waals surface area contributed by atoms with Crippen molar-refractivity contribution in [1.29, 1.82) is 0 Å². The second-order valence-electron chi connectivity index (χ2n) is 20.2. The number of carbonyl (C=O) groups is 4. The molecule has 0 aliphatic heterocycles. The summed E-state index contributed by atoms with van der Waals surface area (Å²) >= 11 is 0. The van der Waals surface area contributed by atoms with Gasteiger partial charge in [-0.05, 0) is 61.3 Å². The number of Topliss-reactive ketones (excluding diaryl/α,β-unsaturated/α-hetero) is 1. The Hall–Kier alpha value is -4.94. The van der Waals surface area contributed by atoms with Crippen LogP contribution in [0.25, 0.3) is 0 Å². The number of carbonyl (C=O) groups excluding carboxylic acids is 4. The average molecular weight is 1160 g/mol. The number of hydrogen-bond acceptors (Lipinski definition) is 21. The van der Waals surface area contributed by atoms with Gasteiger partial charge < -0.3 is 89.1 Å². The van der Waals surface area contributed by atoms with Gasteiger partial charge in [0.05, 0.1) is 171 Å². The highest BCUT2D eigenvalue weighted by atomic mass is 16.6. The second-order valence-corrected chi connectivity index (χ2v) is 20.2. The van der Waals surface area contributed by atoms with Crippen LogP contribution in [0.15, 0.2) is 42.9 Å². The van der Waals surface area contributed by atoms with Gasteiger partial charge in [0.2, 0.25) is 11.8 Å². The zero-order valence-corrected chi connectivity index (χ0v) is 48.9. The third kappa shape index (κ3) is 42.5. The van der Waals surface area contributed by atoms with Gasteiger partial charge in [0, 0.05) is 31.2 Å². The van der Waals surface area contributed by atoms with Crippen molar-refractivity contribution >= 4 is 29.3 Å². The molecule has 2 atom stereocenters. The summed E-state index contributed by atoms with van der Waals surface area (Å²) in [5.74, 6) is -1.61. The number of nitrogens with one attached hydrogen (secondary N) is 5. The summed E-state index contributed by atoms with van der Waals surface area (Å²) in [7, 11) is 0. The molecule has 0 radical (unpaired) electrons. The minimum atomic E-state index is -0.842. The summed E-state index contributed by atoms with van der Waals surface area (Å²) in [6, 6.07) is 5.49. The molecule has 0 saturated heterocycles. The second kappa shape index (κ2) is 47.5. The summed E-state index contributed by atoms with van der Waals surface area (Å²) in [5.41, 5.74) is 9.25. The van der Waals surface area contributed by atoms with Crippen LogP contribution in [-0.2, 0) is 90.9 Å². The van der Waals surface area contributed by atoms with E-state index in [0.29, 0.717) is 182 Å². The molecule has 0 saturated carbocycles. The maximum Gasteiger partial charge on any atom is 0.312 e. The Morgan fingerprint density at radius 3 is 1.59 bits per heavy atom. The number of nitrogens with zero attached hydrogens (tertiary/aromatic N) is 3. The standard InChI is InChI=1S/C55H97N9O17/c1-44(2)38-50(61-52(66)41-59-69)51(65)39-47(8-7-14-57-54(56)68)53(67)60-48-11-9-46(10-12-48)43-81-45(3)58-40-49-42-64(63-62-49)15-17-71-19-21-73-23-25-75-27-29-77-31-33-79-35-37-80-36-34-78-32-30-76-28-26-74-24-22-72-20-18-70-16-13-55(4,5)6/h9-12,42,44,47,50,58-59,69H,3,7-8,13-41,43H2,1-2,4-6H3,(H,60,67)(H,61,66)(H3,56,57,68)/t47-,50+/m1/s1. The number of amides is 4. The van der Waals surface area contributed by atoms with Crippen molar-refractivity contribution in [3.63, 3.8) is 0 Å². The van der Waals surface area contributed by atoms with E-state index in [0.717, 1.165) is 18.6 Å². The Morgan fingerprint density at radius 2 is 1.15 bits per heavy atom. The lowest BCUT2D eigenvalue weighted by Gasteiger charge is -2.23. The van der Waals surface area contributed by atoms with Gasteiger partial charge in [0.25, 0.3) is 0 Å². The van der Waals surface area contributed by atoms with E-state index in [1.165, 1.54) is 0 Å². The number of ketones is 1. The van der Waals surface area contributed by atoms with E-state index in [-0.39, 0.29) is 49.7 Å². The lowest BCUT2D eigenvalue weighted by molar-refractivity contribution is -0.130. The van der Waals surface area contributed by atoms with Gasteiger partial charge in [0.15, 0.2) is 11.7 Å². The molecule has 1 aromatic carbocycles. The normalized spacial score (nSPS) is 12.3. The van der Waals surface area contributed by atoms with Crippen LogP contribution in [0.5, 0.6) is 0 Å². The predicted octanol–water partition coefficient (Wildman–Crippen LogP) is 3.15. The molecule has 1 heterocycles. The molecule has 0 spiro atoms. The predicted molar refractivity (Wildman–Crippen MR) is 300 cm³/mol. The Bertz CT molecular complexity index is 1930. The lowest BCUT2D eigenvalue weighted by Crippen LogP contribution is -2.45. The Balaban J connectivity index is 1.42. The molecule has 81 heavy (non-hydrogen) atoms. The molecule has 0 aliphatic rings. The first kappa shape index (κ1) is 72.2. The van der Waals surface area contributed by atoms with E-state index in [2.05, 4.69) is 58.9 Å². The number of rotatable bonds is 55. The summed E-state index contributed by atoms with van der Waals surface area (Å²) in [6.07, 6.45) is 3.71. The first-order chi connectivity index (χ1) is 39.1. The molecular weight excluding hydrogens is 1060 g/mol. The number of hydroxylamine groups is 1. The molecule has 8 N–H and O–H groups in total. The first-order valence-corrected chi connectivity index (χ1v) is 28.1. The minimum Gasteiger partial charge on any atom is -0.475 e. The highest BCUT2D eigenvalue weighted by Gasteiger charge is 2.28. The molecule has 26 heteroatoms. The molecular formula is C55H97N9O17. The zero-order valence-electron chi connectivity index (χ0n) is 48.9. The Morgan fingerprint density at radius 1 is 0.679 bits per heavy atom. The van der Waals surface area contributed by atoms with Crippen molar-refractivity contribution in [3.05, 3.63) is 54.2 Å². The van der Waals surface area contributed by atoms with Crippen molar-refractivity contribution in [3.8, 4) is 0 Å². The number of benzene rings is 1. The summed E-state index contributed by atoms with van der Waals surface area (Å²) in [4.78, 5) is 50.2. The molecule has 2 aromatic rings. The smallest absolute Gasteiger partial charge is 0.312 e. The summed E-state index contributed by atoms with van der Waals surface area (Å²) in [5, 5.41) is 28.3. The van der Waals surface area contributed by atoms with Gasteiger partial charge in [-0.1, -0.05) is 52.0 Å². The first-order valence-electron chi connectivity index (χ1n) is 28.1. The van der Waals surface area contributed by atoms with Crippen LogP contribution in [-0.4, -0.2) is 208 Å². The average Bonchev–Trinajstić information content (AvgIpc) is 3.89. The van der Waals surface area contributed by atoms with Gasteiger partial charge in [-0.2, -0.15) is 5.48 Å². The van der Waals surface area contributed by atoms with Crippen molar-refractivity contribution in [2.45, 2.75) is 92.5 Å². The lowest BCUT2D eigenvalue weighted by atomic mass is 9.90. The fourth-order valence-corrected chi connectivity index (χ4v) is 7.04. The van der Waals surface area contributed by atoms with E-state index < -0.39 is 29.8 Å². The molecule has 0 unspecified atom stereocenters. The fourth-order valence-electron chi connectivity index (χ4n) is 7.04. The SMILES string of the molecule is C=C(NCc1cn(CCOCCOCCOCCOCCOCCOCCOCCOCCOCCOCCOCCC(C)(C)C)nn1)OCc1ccc(NC(=O)[C@H](CCCNC(N)=O)CC(=O)[C@H](CC(C)C)NC(=O)CNO)cc1. The quantitative estimate of drug-likeness (QED) is 0.0284. The van der Waals surface area contributed by atoms with E-state index in [4.69, 9.17) is 67.8 Å². The number of anilines is 1. The van der Waals surface area contributed by atoms with Crippen LogP contribution in [0.4, 0.5) is 10.5 Å². The molecule has 2 rings (SSSR count). The van der Waals surface area contributed by atoms with Crippen molar-refractivity contribution in [2.24, 2.45) is 23.0 Å². The van der Waals surface area contributed by atoms with Crippen LogP contribution in [0.2, 0.25) is 0 Å². The summed E-state index contributed by atoms with van der Waals surface area (Å²) < 4.78 is 68.5. The maximum atomic E-state index is 13.5. The number of nitrogens with two attached hydrogens (primary N) is 1.